The summed E-state index contributed by atoms with van der Waals surface area (Å²) in [4.78, 5) is 32.0. The Hall–Kier alpha value is -2.75. The number of nitrogens with zero attached hydrogens (tertiary/aromatic N) is 4. The maximum Gasteiger partial charge on any atom is 0.253 e. The van der Waals surface area contributed by atoms with E-state index in [1.54, 1.807) is 35.2 Å². The van der Waals surface area contributed by atoms with Gasteiger partial charge in [0.15, 0.2) is 0 Å². The lowest BCUT2D eigenvalue weighted by atomic mass is 10.1. The largest absolute Gasteiger partial charge is 0.339 e. The van der Waals surface area contributed by atoms with Crippen LogP contribution in [0.4, 0.5) is 0 Å². The van der Waals surface area contributed by atoms with Gasteiger partial charge in [-0.05, 0) is 43.2 Å². The van der Waals surface area contributed by atoms with Gasteiger partial charge < -0.3 is 9.80 Å². The van der Waals surface area contributed by atoms with Crippen molar-refractivity contribution in [2.24, 2.45) is 0 Å². The molecule has 2 aliphatic heterocycles. The van der Waals surface area contributed by atoms with Gasteiger partial charge in [0.25, 0.3) is 5.91 Å². The zero-order valence-corrected chi connectivity index (χ0v) is 21.3. The minimum atomic E-state index is -3.55. The van der Waals surface area contributed by atoms with Gasteiger partial charge in [-0.1, -0.05) is 37.3 Å². The van der Waals surface area contributed by atoms with E-state index in [1.807, 2.05) is 36.1 Å². The number of hydrogen-bond acceptors (Lipinski definition) is 5. The summed E-state index contributed by atoms with van der Waals surface area (Å²) >= 11 is 0. The molecule has 2 aliphatic rings. The molecule has 8 nitrogen and oxygen atoms in total. The lowest BCUT2D eigenvalue weighted by molar-refractivity contribution is -0.138. The Morgan fingerprint density at radius 1 is 0.800 bits per heavy atom. The van der Waals surface area contributed by atoms with E-state index in [4.69, 9.17) is 0 Å². The topological polar surface area (TPSA) is 81.2 Å². The highest BCUT2D eigenvalue weighted by Crippen LogP contribution is 2.19. The second-order valence-corrected chi connectivity index (χ2v) is 11.0. The third kappa shape index (κ3) is 5.58. The fraction of sp³-hybridized carbons (Fsp3) is 0.462. The number of amides is 2. The third-order valence-corrected chi connectivity index (χ3v) is 8.96. The molecule has 188 valence electrons. The van der Waals surface area contributed by atoms with E-state index in [9.17, 15) is 18.0 Å². The van der Waals surface area contributed by atoms with Crippen LogP contribution in [0, 0.1) is 0 Å². The van der Waals surface area contributed by atoms with Crippen LogP contribution >= 0.6 is 0 Å². The van der Waals surface area contributed by atoms with Crippen LogP contribution in [0.15, 0.2) is 59.5 Å². The van der Waals surface area contributed by atoms with Crippen molar-refractivity contribution in [3.63, 3.8) is 0 Å². The van der Waals surface area contributed by atoms with Crippen LogP contribution < -0.4 is 0 Å². The molecule has 2 amide bonds. The summed E-state index contributed by atoms with van der Waals surface area (Å²) < 4.78 is 27.1. The van der Waals surface area contributed by atoms with Crippen molar-refractivity contribution in [1.29, 1.82) is 0 Å². The van der Waals surface area contributed by atoms with Gasteiger partial charge in [0, 0.05) is 57.9 Å². The zero-order valence-electron chi connectivity index (χ0n) is 20.5. The molecule has 0 aliphatic carbocycles. The number of carbonyl (C=O) groups is 2. The van der Waals surface area contributed by atoms with Gasteiger partial charge >= 0.3 is 0 Å². The SMILES string of the molecule is CCc1ccc(C(=O)N2CCN([C@@H](C)C(=O)N3CCN(S(=O)(=O)c4ccccc4)CC3)CC2)cc1. The van der Waals surface area contributed by atoms with Crippen molar-refractivity contribution >= 4 is 21.8 Å². The first-order valence-electron chi connectivity index (χ1n) is 12.3. The standard InChI is InChI=1S/C26H34N4O4S/c1-3-22-9-11-23(12-10-22)26(32)29-15-13-27(14-16-29)21(2)25(31)28-17-19-30(20-18-28)35(33,34)24-7-5-4-6-8-24/h4-12,21H,3,13-20H2,1-2H3/t21-/m0/s1. The van der Waals surface area contributed by atoms with Crippen molar-refractivity contribution in [3.05, 3.63) is 65.7 Å². The monoisotopic (exact) mass is 498 g/mol. The Bertz CT molecular complexity index is 1120. The van der Waals surface area contributed by atoms with E-state index >= 15 is 0 Å². The number of carbonyl (C=O) groups excluding carboxylic acids is 2. The van der Waals surface area contributed by atoms with E-state index in [0.717, 1.165) is 6.42 Å². The zero-order chi connectivity index (χ0) is 25.0. The van der Waals surface area contributed by atoms with Crippen LogP contribution in [-0.4, -0.2) is 97.6 Å². The molecular weight excluding hydrogens is 464 g/mol. The van der Waals surface area contributed by atoms with Crippen LogP contribution in [0.3, 0.4) is 0 Å². The molecule has 9 heteroatoms. The maximum atomic E-state index is 13.2. The van der Waals surface area contributed by atoms with E-state index in [1.165, 1.54) is 9.87 Å². The predicted octanol–water partition coefficient (Wildman–Crippen LogP) is 1.93. The third-order valence-electron chi connectivity index (χ3n) is 7.05. The summed E-state index contributed by atoms with van der Waals surface area (Å²) in [7, 11) is -3.55. The summed E-state index contributed by atoms with van der Waals surface area (Å²) in [5, 5.41) is 0. The van der Waals surface area contributed by atoms with Crippen LogP contribution in [0.5, 0.6) is 0 Å². The lowest BCUT2D eigenvalue weighted by Gasteiger charge is -2.40. The highest BCUT2D eigenvalue weighted by molar-refractivity contribution is 7.89. The molecule has 2 fully saturated rings. The normalized spacial score (nSPS) is 18.9. The van der Waals surface area contributed by atoms with Gasteiger partial charge in [-0.25, -0.2) is 8.42 Å². The Balaban J connectivity index is 1.28. The molecule has 0 bridgehead atoms. The summed E-state index contributed by atoms with van der Waals surface area (Å²) in [6.07, 6.45) is 0.941. The Morgan fingerprint density at radius 3 is 1.94 bits per heavy atom. The molecule has 0 spiro atoms. The predicted molar refractivity (Wildman–Crippen MR) is 135 cm³/mol. The summed E-state index contributed by atoms with van der Waals surface area (Å²) in [6, 6.07) is 15.9. The highest BCUT2D eigenvalue weighted by Gasteiger charge is 2.34. The Labute approximate surface area is 208 Å². The number of hydrogen-bond donors (Lipinski definition) is 0. The molecule has 35 heavy (non-hydrogen) atoms. The highest BCUT2D eigenvalue weighted by atomic mass is 32.2. The molecule has 4 rings (SSSR count). The molecular formula is C26H34N4O4S. The molecule has 0 radical (unpaired) electrons. The average molecular weight is 499 g/mol. The van der Waals surface area contributed by atoms with Crippen LogP contribution in [0.25, 0.3) is 0 Å². The molecule has 1 atom stereocenters. The average Bonchev–Trinajstić information content (AvgIpc) is 2.92. The summed E-state index contributed by atoms with van der Waals surface area (Å²) in [5.74, 6) is 0.0405. The molecule has 2 saturated heterocycles. The lowest BCUT2D eigenvalue weighted by Crippen LogP contribution is -2.58. The molecule has 0 N–H and O–H groups in total. The minimum absolute atomic E-state index is 0.0108. The van der Waals surface area contributed by atoms with Gasteiger partial charge in [-0.15, -0.1) is 0 Å². The molecule has 2 heterocycles. The Morgan fingerprint density at radius 2 is 1.37 bits per heavy atom. The molecule has 2 aromatic carbocycles. The molecule has 2 aromatic rings. The number of benzene rings is 2. The number of aryl methyl sites for hydroxylation is 1. The quantitative estimate of drug-likeness (QED) is 0.608. The van der Waals surface area contributed by atoms with Gasteiger partial charge in [-0.3, -0.25) is 14.5 Å². The van der Waals surface area contributed by atoms with Crippen LogP contribution in [0.2, 0.25) is 0 Å². The van der Waals surface area contributed by atoms with Gasteiger partial charge in [0.2, 0.25) is 15.9 Å². The smallest absolute Gasteiger partial charge is 0.253 e. The second kappa shape index (κ2) is 10.9. The van der Waals surface area contributed by atoms with E-state index < -0.39 is 10.0 Å². The number of sulfonamides is 1. The maximum absolute atomic E-state index is 13.2. The fourth-order valence-electron chi connectivity index (χ4n) is 4.69. The molecule has 0 saturated carbocycles. The van der Waals surface area contributed by atoms with E-state index in [-0.39, 0.29) is 35.8 Å². The summed E-state index contributed by atoms with van der Waals surface area (Å²) in [6.45, 7) is 7.74. The van der Waals surface area contributed by atoms with Crippen LogP contribution in [-0.2, 0) is 21.2 Å². The van der Waals surface area contributed by atoms with Crippen molar-refractivity contribution in [3.8, 4) is 0 Å². The minimum Gasteiger partial charge on any atom is -0.339 e. The van der Waals surface area contributed by atoms with Gasteiger partial charge in [0.1, 0.15) is 0 Å². The molecule has 0 aromatic heterocycles. The van der Waals surface area contributed by atoms with Crippen molar-refractivity contribution in [2.75, 3.05) is 52.4 Å². The number of rotatable bonds is 6. The molecule has 0 unspecified atom stereocenters. The van der Waals surface area contributed by atoms with Crippen molar-refractivity contribution in [1.82, 2.24) is 19.0 Å². The van der Waals surface area contributed by atoms with Crippen molar-refractivity contribution in [2.45, 2.75) is 31.2 Å². The van der Waals surface area contributed by atoms with Gasteiger partial charge in [-0.2, -0.15) is 4.31 Å². The van der Waals surface area contributed by atoms with E-state index in [2.05, 4.69) is 11.8 Å². The van der Waals surface area contributed by atoms with Crippen LogP contribution in [0.1, 0.15) is 29.8 Å². The van der Waals surface area contributed by atoms with E-state index in [0.29, 0.717) is 44.8 Å². The Kier molecular flexibility index (Phi) is 7.88. The number of piperazine rings is 2. The first-order chi connectivity index (χ1) is 16.8. The van der Waals surface area contributed by atoms with Crippen molar-refractivity contribution < 1.29 is 18.0 Å². The second-order valence-electron chi connectivity index (χ2n) is 9.10. The first kappa shape index (κ1) is 25.3. The van der Waals surface area contributed by atoms with Gasteiger partial charge in [0.05, 0.1) is 10.9 Å². The summed E-state index contributed by atoms with van der Waals surface area (Å²) in [5.41, 5.74) is 1.90. The fourth-order valence-corrected chi connectivity index (χ4v) is 6.13. The first-order valence-corrected chi connectivity index (χ1v) is 13.7.